The summed E-state index contributed by atoms with van der Waals surface area (Å²) >= 11 is 0. The van der Waals surface area contributed by atoms with Crippen LogP contribution in [0.2, 0.25) is 0 Å². The third kappa shape index (κ3) is 6.11. The number of anilines is 1. The van der Waals surface area contributed by atoms with E-state index in [0.29, 0.717) is 31.9 Å². The Morgan fingerprint density at radius 1 is 1.29 bits per heavy atom. The molecule has 3 unspecified atom stereocenters. The van der Waals surface area contributed by atoms with Gasteiger partial charge in [-0.2, -0.15) is 0 Å². The molecule has 8 nitrogen and oxygen atoms in total. The lowest BCUT2D eigenvalue weighted by Gasteiger charge is -2.28. The van der Waals surface area contributed by atoms with Crippen LogP contribution in [0.4, 0.5) is 10.2 Å². The summed E-state index contributed by atoms with van der Waals surface area (Å²) in [5.74, 6) is 0.454. The number of carbonyl (C=O) groups is 1. The lowest BCUT2D eigenvalue weighted by molar-refractivity contribution is -0.143. The number of methoxy groups -OCH3 is 1. The molecule has 2 saturated heterocycles. The minimum absolute atomic E-state index is 0.0391. The van der Waals surface area contributed by atoms with Crippen molar-refractivity contribution in [1.82, 2.24) is 9.88 Å². The first kappa shape index (κ1) is 26.8. The molecule has 3 aliphatic heterocycles. The monoisotopic (exact) mass is 527 g/mol. The summed E-state index contributed by atoms with van der Waals surface area (Å²) in [5.41, 5.74) is 3.46. The molecule has 0 saturated carbocycles. The Bertz CT molecular complexity index is 1110. The van der Waals surface area contributed by atoms with E-state index in [-0.39, 0.29) is 12.2 Å². The van der Waals surface area contributed by atoms with Gasteiger partial charge in [0.05, 0.1) is 19.3 Å². The lowest BCUT2D eigenvalue weighted by atomic mass is 9.94. The first-order valence-corrected chi connectivity index (χ1v) is 13.8. The zero-order valence-corrected chi connectivity index (χ0v) is 22.1. The quantitative estimate of drug-likeness (QED) is 0.407. The number of hydrogen-bond donors (Lipinski definition) is 2. The van der Waals surface area contributed by atoms with Crippen molar-refractivity contribution in [2.45, 2.75) is 69.6 Å². The van der Waals surface area contributed by atoms with E-state index in [9.17, 15) is 14.3 Å². The van der Waals surface area contributed by atoms with E-state index in [1.807, 2.05) is 11.0 Å². The Labute approximate surface area is 223 Å². The van der Waals surface area contributed by atoms with Crippen LogP contribution < -0.4 is 10.1 Å². The Morgan fingerprint density at radius 2 is 2.18 bits per heavy atom. The minimum Gasteiger partial charge on any atom is -0.496 e. The largest absolute Gasteiger partial charge is 0.496 e. The molecule has 2 N–H and O–H groups in total. The van der Waals surface area contributed by atoms with Crippen molar-refractivity contribution >= 4 is 11.8 Å². The van der Waals surface area contributed by atoms with Crippen LogP contribution >= 0.6 is 0 Å². The molecule has 4 heterocycles. The van der Waals surface area contributed by atoms with E-state index in [0.717, 1.165) is 86.3 Å². The molecule has 5 rings (SSSR count). The van der Waals surface area contributed by atoms with Crippen LogP contribution in [0.3, 0.4) is 0 Å². The van der Waals surface area contributed by atoms with Crippen molar-refractivity contribution in [3.8, 4) is 5.75 Å². The summed E-state index contributed by atoms with van der Waals surface area (Å²) in [6.07, 6.45) is 7.03. The summed E-state index contributed by atoms with van der Waals surface area (Å²) in [6, 6.07) is 5.57. The molecular weight excluding hydrogens is 489 g/mol. The van der Waals surface area contributed by atoms with Gasteiger partial charge in [0.15, 0.2) is 0 Å². The molecule has 0 radical (unpaired) electrons. The average Bonchev–Trinajstić information content (AvgIpc) is 3.61. The normalized spacial score (nSPS) is 22.2. The second-order valence-corrected chi connectivity index (χ2v) is 10.4. The second-order valence-electron chi connectivity index (χ2n) is 10.4. The summed E-state index contributed by atoms with van der Waals surface area (Å²) in [7, 11) is 1.71. The molecule has 2 fully saturated rings. The van der Waals surface area contributed by atoms with Crippen molar-refractivity contribution in [2.75, 3.05) is 45.3 Å². The van der Waals surface area contributed by atoms with Gasteiger partial charge < -0.3 is 24.6 Å². The number of halogens is 1. The molecule has 206 valence electrons. The van der Waals surface area contributed by atoms with Gasteiger partial charge in [0.2, 0.25) is 0 Å². The van der Waals surface area contributed by atoms with E-state index in [2.05, 4.69) is 5.32 Å². The molecule has 2 aromatic rings. The molecule has 3 atom stereocenters. The number of nitrogens with one attached hydrogen (secondary N) is 1. The number of unbranched alkanes of at least 4 members (excludes halogenated alkanes) is 1. The van der Waals surface area contributed by atoms with Crippen LogP contribution in [0.5, 0.6) is 5.75 Å². The van der Waals surface area contributed by atoms with E-state index < -0.39 is 17.8 Å². The van der Waals surface area contributed by atoms with Crippen molar-refractivity contribution in [3.63, 3.8) is 0 Å². The van der Waals surface area contributed by atoms with E-state index in [1.165, 1.54) is 12.1 Å². The molecule has 0 spiro atoms. The SMILES string of the molecule is COc1cc(CCCCOC2CCN(C(C(=O)O)c3cc(F)ccc3C3CCCO3)C2)nc2c1CCCN2. The van der Waals surface area contributed by atoms with Crippen molar-refractivity contribution in [3.05, 3.63) is 52.5 Å². The Morgan fingerprint density at radius 3 is 2.97 bits per heavy atom. The zero-order valence-electron chi connectivity index (χ0n) is 22.1. The lowest BCUT2D eigenvalue weighted by Crippen LogP contribution is -2.34. The summed E-state index contributed by atoms with van der Waals surface area (Å²) < 4.78 is 31.8. The molecule has 3 aliphatic rings. The van der Waals surface area contributed by atoms with Crippen molar-refractivity contribution in [1.29, 1.82) is 0 Å². The van der Waals surface area contributed by atoms with E-state index in [1.54, 1.807) is 13.2 Å². The summed E-state index contributed by atoms with van der Waals surface area (Å²) in [5, 5.41) is 13.5. The predicted octanol–water partition coefficient (Wildman–Crippen LogP) is 4.68. The van der Waals surface area contributed by atoms with Gasteiger partial charge >= 0.3 is 5.97 Å². The highest BCUT2D eigenvalue weighted by Gasteiger charge is 2.37. The maximum absolute atomic E-state index is 14.2. The van der Waals surface area contributed by atoms with Crippen LogP contribution in [-0.2, 0) is 27.1 Å². The first-order chi connectivity index (χ1) is 18.5. The van der Waals surface area contributed by atoms with E-state index >= 15 is 0 Å². The Kier molecular flexibility index (Phi) is 8.76. The number of carboxylic acids is 1. The van der Waals surface area contributed by atoms with Gasteiger partial charge in [-0.1, -0.05) is 6.07 Å². The number of likely N-dealkylation sites (tertiary alicyclic amines) is 1. The van der Waals surface area contributed by atoms with Crippen molar-refractivity contribution in [2.24, 2.45) is 0 Å². The smallest absolute Gasteiger partial charge is 0.325 e. The highest BCUT2D eigenvalue weighted by Crippen LogP contribution is 2.37. The standard InChI is InChI=1S/C29H38FN3O5/c1-36-26-17-20(32-28-23(26)7-4-12-31-28)6-2-3-14-37-21-11-13-33(18-21)27(29(34)35)24-16-19(30)9-10-22(24)25-8-5-15-38-25/h9-10,16-17,21,25,27H,2-8,11-15,18H2,1H3,(H,31,32)(H,34,35). The number of aliphatic carboxylic acids is 1. The third-order valence-corrected chi connectivity index (χ3v) is 7.83. The minimum atomic E-state index is -0.974. The van der Waals surface area contributed by atoms with Crippen LogP contribution in [0, 0.1) is 5.82 Å². The molecule has 38 heavy (non-hydrogen) atoms. The van der Waals surface area contributed by atoms with Gasteiger partial charge in [-0.05, 0) is 74.6 Å². The van der Waals surface area contributed by atoms with Gasteiger partial charge in [-0.3, -0.25) is 9.69 Å². The number of carboxylic acid groups (broad SMARTS) is 1. The number of pyridine rings is 1. The van der Waals surface area contributed by atoms with Gasteiger partial charge in [-0.25, -0.2) is 9.37 Å². The number of aromatic nitrogens is 1. The third-order valence-electron chi connectivity index (χ3n) is 7.83. The fourth-order valence-electron chi connectivity index (χ4n) is 5.94. The topological polar surface area (TPSA) is 93.2 Å². The Hall–Kier alpha value is -2.75. The number of fused-ring (bicyclic) bond motifs is 1. The van der Waals surface area contributed by atoms with Gasteiger partial charge in [0, 0.05) is 50.2 Å². The molecule has 1 aromatic carbocycles. The molecule has 9 heteroatoms. The molecule has 0 aliphatic carbocycles. The maximum Gasteiger partial charge on any atom is 0.325 e. The number of hydrogen-bond acceptors (Lipinski definition) is 7. The number of benzene rings is 1. The van der Waals surface area contributed by atoms with Crippen LogP contribution in [0.1, 0.15) is 73.1 Å². The first-order valence-electron chi connectivity index (χ1n) is 13.8. The van der Waals surface area contributed by atoms with Crippen molar-refractivity contribution < 1.29 is 28.5 Å². The zero-order chi connectivity index (χ0) is 26.5. The fourth-order valence-corrected chi connectivity index (χ4v) is 5.94. The van der Waals surface area contributed by atoms with Crippen LogP contribution in [0.15, 0.2) is 24.3 Å². The Balaban J connectivity index is 1.13. The van der Waals surface area contributed by atoms with Crippen LogP contribution in [0.25, 0.3) is 0 Å². The fraction of sp³-hybridized carbons (Fsp3) is 0.586. The summed E-state index contributed by atoms with van der Waals surface area (Å²) in [6.45, 7) is 3.29. The van der Waals surface area contributed by atoms with E-state index in [4.69, 9.17) is 19.2 Å². The number of ether oxygens (including phenoxy) is 3. The second kappa shape index (κ2) is 12.4. The number of aryl methyl sites for hydroxylation is 1. The van der Waals surface area contributed by atoms with Gasteiger partial charge in [-0.15, -0.1) is 0 Å². The average molecular weight is 528 g/mol. The van der Waals surface area contributed by atoms with Gasteiger partial charge in [0.25, 0.3) is 0 Å². The van der Waals surface area contributed by atoms with Gasteiger partial charge in [0.1, 0.15) is 23.4 Å². The molecule has 0 amide bonds. The number of nitrogens with zero attached hydrogens (tertiary/aromatic N) is 2. The number of rotatable bonds is 11. The predicted molar refractivity (Wildman–Crippen MR) is 141 cm³/mol. The summed E-state index contributed by atoms with van der Waals surface area (Å²) in [4.78, 5) is 19.1. The highest BCUT2D eigenvalue weighted by atomic mass is 19.1. The highest BCUT2D eigenvalue weighted by molar-refractivity contribution is 5.76. The van der Waals surface area contributed by atoms with Crippen LogP contribution in [-0.4, -0.2) is 67.0 Å². The molecule has 0 bridgehead atoms. The molecule has 1 aromatic heterocycles. The maximum atomic E-state index is 14.2. The molecular formula is C29H38FN3O5.